The highest BCUT2D eigenvalue weighted by atomic mass is 35.5. The maximum atomic E-state index is 12.8. The van der Waals surface area contributed by atoms with Gasteiger partial charge in [0.1, 0.15) is 4.90 Å². The molecule has 1 aliphatic rings. The molecule has 4 nitrogen and oxygen atoms in total. The Morgan fingerprint density at radius 2 is 1.72 bits per heavy atom. The summed E-state index contributed by atoms with van der Waals surface area (Å²) in [7, 11) is -3.63. The van der Waals surface area contributed by atoms with E-state index in [1.807, 2.05) is 25.1 Å². The highest BCUT2D eigenvalue weighted by molar-refractivity contribution is 7.89. The summed E-state index contributed by atoms with van der Waals surface area (Å²) in [5.74, 6) is -0.0478. The summed E-state index contributed by atoms with van der Waals surface area (Å²) < 4.78 is 27.1. The minimum Gasteiger partial charge on any atom is -0.294 e. The molecule has 0 radical (unpaired) electrons. The predicted octanol–water partition coefficient (Wildman–Crippen LogP) is 3.93. The lowest BCUT2D eigenvalue weighted by Crippen LogP contribution is -2.40. The molecule has 0 N–H and O–H groups in total. The van der Waals surface area contributed by atoms with Crippen LogP contribution in [0.2, 0.25) is 5.02 Å². The Morgan fingerprint density at radius 1 is 1.08 bits per heavy atom. The number of hydrogen-bond donors (Lipinski definition) is 0. The monoisotopic (exact) mass is 377 g/mol. The van der Waals surface area contributed by atoms with Crippen molar-refractivity contribution in [3.05, 3.63) is 64.7 Å². The summed E-state index contributed by atoms with van der Waals surface area (Å²) in [6, 6.07) is 14.1. The average molecular weight is 378 g/mol. The third kappa shape index (κ3) is 3.78. The van der Waals surface area contributed by atoms with Crippen LogP contribution in [0, 0.1) is 12.8 Å². The number of rotatable bonds is 4. The van der Waals surface area contributed by atoms with E-state index in [9.17, 15) is 13.2 Å². The fourth-order valence-corrected chi connectivity index (χ4v) is 5.19. The number of piperidine rings is 1. The van der Waals surface area contributed by atoms with Crippen molar-refractivity contribution in [2.24, 2.45) is 5.92 Å². The second kappa shape index (κ2) is 7.28. The summed E-state index contributed by atoms with van der Waals surface area (Å²) in [5, 5.41) is 0.238. The molecule has 132 valence electrons. The zero-order chi connectivity index (χ0) is 18.0. The molecule has 25 heavy (non-hydrogen) atoms. The lowest BCUT2D eigenvalue weighted by atomic mass is 9.90. The molecule has 2 aromatic rings. The van der Waals surface area contributed by atoms with Crippen LogP contribution in [0.3, 0.4) is 0 Å². The second-order valence-electron chi connectivity index (χ2n) is 6.34. The molecule has 3 rings (SSSR count). The van der Waals surface area contributed by atoms with Crippen molar-refractivity contribution >= 4 is 27.4 Å². The molecule has 1 saturated heterocycles. The molecule has 0 spiro atoms. The number of carbonyl (C=O) groups is 1. The molecule has 1 aliphatic heterocycles. The number of hydrogen-bond acceptors (Lipinski definition) is 3. The van der Waals surface area contributed by atoms with Crippen LogP contribution in [0.4, 0.5) is 0 Å². The van der Waals surface area contributed by atoms with Gasteiger partial charge in [-0.3, -0.25) is 4.79 Å². The van der Waals surface area contributed by atoms with Crippen LogP contribution < -0.4 is 0 Å². The average Bonchev–Trinajstić information content (AvgIpc) is 2.61. The molecular weight excluding hydrogens is 358 g/mol. The standard InChI is InChI=1S/C19H20ClNO3S/c1-14-7-8-18(17(20)13-14)25(23,24)21-11-9-16(10-12-21)19(22)15-5-3-2-4-6-15/h2-8,13,16H,9-12H2,1H3. The predicted molar refractivity (Wildman–Crippen MR) is 98.4 cm³/mol. The van der Waals surface area contributed by atoms with E-state index in [1.165, 1.54) is 4.31 Å². The van der Waals surface area contributed by atoms with E-state index in [0.29, 0.717) is 31.5 Å². The third-order valence-corrected chi connectivity index (χ3v) is 6.97. The first-order valence-corrected chi connectivity index (χ1v) is 10.1. The highest BCUT2D eigenvalue weighted by Crippen LogP contribution is 2.30. The third-order valence-electron chi connectivity index (χ3n) is 4.59. The Hall–Kier alpha value is -1.69. The van der Waals surface area contributed by atoms with Gasteiger partial charge in [-0.15, -0.1) is 0 Å². The quantitative estimate of drug-likeness (QED) is 0.758. The number of benzene rings is 2. The topological polar surface area (TPSA) is 54.5 Å². The van der Waals surface area contributed by atoms with Crippen molar-refractivity contribution in [2.45, 2.75) is 24.7 Å². The molecule has 0 unspecified atom stereocenters. The lowest BCUT2D eigenvalue weighted by Gasteiger charge is -2.30. The van der Waals surface area contributed by atoms with Gasteiger partial charge in [0.05, 0.1) is 5.02 Å². The summed E-state index contributed by atoms with van der Waals surface area (Å²) >= 11 is 6.13. The molecule has 2 aromatic carbocycles. The number of sulfonamides is 1. The first-order chi connectivity index (χ1) is 11.9. The number of nitrogens with zero attached hydrogens (tertiary/aromatic N) is 1. The Morgan fingerprint density at radius 3 is 2.32 bits per heavy atom. The smallest absolute Gasteiger partial charge is 0.244 e. The molecule has 0 bridgehead atoms. The Bertz CT molecular complexity index is 873. The molecule has 6 heteroatoms. The van der Waals surface area contributed by atoms with Crippen LogP contribution in [0.25, 0.3) is 0 Å². The minimum atomic E-state index is -3.63. The van der Waals surface area contributed by atoms with Crippen LogP contribution in [0.1, 0.15) is 28.8 Å². The van der Waals surface area contributed by atoms with E-state index in [4.69, 9.17) is 11.6 Å². The van der Waals surface area contributed by atoms with E-state index in [0.717, 1.165) is 5.56 Å². The molecule has 0 amide bonds. The van der Waals surface area contributed by atoms with Crippen molar-refractivity contribution < 1.29 is 13.2 Å². The lowest BCUT2D eigenvalue weighted by molar-refractivity contribution is 0.0875. The van der Waals surface area contributed by atoms with Gasteiger partial charge in [-0.1, -0.05) is 48.0 Å². The Balaban J connectivity index is 1.72. The van der Waals surface area contributed by atoms with Gasteiger partial charge in [0.2, 0.25) is 10.0 Å². The number of halogens is 1. The minimum absolute atomic E-state index is 0.0889. The van der Waals surface area contributed by atoms with Crippen molar-refractivity contribution in [1.82, 2.24) is 4.31 Å². The molecule has 0 saturated carbocycles. The zero-order valence-electron chi connectivity index (χ0n) is 14.0. The molecule has 0 aromatic heterocycles. The number of ketones is 1. The van der Waals surface area contributed by atoms with E-state index in [2.05, 4.69) is 0 Å². The summed E-state index contributed by atoms with van der Waals surface area (Å²) in [4.78, 5) is 12.7. The van der Waals surface area contributed by atoms with Crippen LogP contribution >= 0.6 is 11.6 Å². The summed E-state index contributed by atoms with van der Waals surface area (Å²) in [6.07, 6.45) is 1.05. The van der Waals surface area contributed by atoms with Crippen LogP contribution in [-0.4, -0.2) is 31.6 Å². The van der Waals surface area contributed by atoms with E-state index in [-0.39, 0.29) is 21.6 Å². The Kier molecular flexibility index (Phi) is 5.27. The van der Waals surface area contributed by atoms with E-state index < -0.39 is 10.0 Å². The molecule has 1 heterocycles. The second-order valence-corrected chi connectivity index (χ2v) is 8.66. The fraction of sp³-hybridized carbons (Fsp3) is 0.316. The van der Waals surface area contributed by atoms with Gasteiger partial charge >= 0.3 is 0 Å². The summed E-state index contributed by atoms with van der Waals surface area (Å²) in [5.41, 5.74) is 1.60. The number of Topliss-reactive ketones (excluding diaryl/α,β-unsaturated/α-hetero) is 1. The van der Waals surface area contributed by atoms with E-state index in [1.54, 1.807) is 30.3 Å². The van der Waals surface area contributed by atoms with E-state index >= 15 is 0 Å². The van der Waals surface area contributed by atoms with Gasteiger partial charge in [0.25, 0.3) is 0 Å². The molecule has 0 atom stereocenters. The molecule has 1 fully saturated rings. The largest absolute Gasteiger partial charge is 0.294 e. The van der Waals surface area contributed by atoms with Crippen LogP contribution in [0.15, 0.2) is 53.4 Å². The van der Waals surface area contributed by atoms with Crippen molar-refractivity contribution in [3.8, 4) is 0 Å². The fourth-order valence-electron chi connectivity index (χ4n) is 3.15. The van der Waals surface area contributed by atoms with Gasteiger partial charge in [-0.05, 0) is 37.5 Å². The SMILES string of the molecule is Cc1ccc(S(=O)(=O)N2CCC(C(=O)c3ccccc3)CC2)c(Cl)c1. The first-order valence-electron chi connectivity index (χ1n) is 8.25. The van der Waals surface area contributed by atoms with Gasteiger partial charge < -0.3 is 0 Å². The van der Waals surface area contributed by atoms with Crippen molar-refractivity contribution in [1.29, 1.82) is 0 Å². The zero-order valence-corrected chi connectivity index (χ0v) is 15.6. The van der Waals surface area contributed by atoms with Gasteiger partial charge in [0.15, 0.2) is 5.78 Å². The molecular formula is C19H20ClNO3S. The highest BCUT2D eigenvalue weighted by Gasteiger charge is 2.33. The first kappa shape index (κ1) is 18.1. The van der Waals surface area contributed by atoms with Gasteiger partial charge in [-0.25, -0.2) is 8.42 Å². The molecule has 0 aliphatic carbocycles. The van der Waals surface area contributed by atoms with Gasteiger partial charge in [0, 0.05) is 24.6 Å². The van der Waals surface area contributed by atoms with Gasteiger partial charge in [-0.2, -0.15) is 4.31 Å². The maximum Gasteiger partial charge on any atom is 0.244 e. The normalized spacial score (nSPS) is 16.7. The number of carbonyl (C=O) groups excluding carboxylic acids is 1. The number of aryl methyl sites for hydroxylation is 1. The maximum absolute atomic E-state index is 12.8. The Labute approximate surface area is 153 Å². The van der Waals surface area contributed by atoms with Crippen LogP contribution in [-0.2, 0) is 10.0 Å². The summed E-state index contributed by atoms with van der Waals surface area (Å²) in [6.45, 7) is 2.52. The van der Waals surface area contributed by atoms with Crippen molar-refractivity contribution in [3.63, 3.8) is 0 Å². The van der Waals surface area contributed by atoms with Crippen molar-refractivity contribution in [2.75, 3.05) is 13.1 Å². The van der Waals surface area contributed by atoms with Crippen LogP contribution in [0.5, 0.6) is 0 Å².